The quantitative estimate of drug-likeness (QED) is 0.507. The van der Waals surface area contributed by atoms with Gasteiger partial charge in [-0.1, -0.05) is 68.8 Å². The molecule has 0 saturated carbocycles. The normalized spacial score (nSPS) is 23.2. The van der Waals surface area contributed by atoms with Gasteiger partial charge in [0.25, 0.3) is 0 Å². The first-order valence-electron chi connectivity index (χ1n) is 13.3. The van der Waals surface area contributed by atoms with Crippen molar-refractivity contribution in [1.82, 2.24) is 21.3 Å². The number of rotatable bonds is 4. The van der Waals surface area contributed by atoms with E-state index in [9.17, 15) is 14.4 Å². The zero-order valence-electron chi connectivity index (χ0n) is 22.1. The Morgan fingerprint density at radius 1 is 0.919 bits per heavy atom. The Hall–Kier alpha value is -3.39. The summed E-state index contributed by atoms with van der Waals surface area (Å²) in [5.41, 5.74) is 2.01. The number of carbonyl (C=O) groups is 3. The van der Waals surface area contributed by atoms with Gasteiger partial charge < -0.3 is 26.0 Å². The Morgan fingerprint density at radius 3 is 2.41 bits per heavy atom. The molecule has 1 aliphatic heterocycles. The lowest BCUT2D eigenvalue weighted by Gasteiger charge is -2.26. The molecule has 4 atom stereocenters. The zero-order valence-corrected chi connectivity index (χ0v) is 22.1. The van der Waals surface area contributed by atoms with Crippen LogP contribution in [0.2, 0.25) is 0 Å². The summed E-state index contributed by atoms with van der Waals surface area (Å²) in [4.78, 5) is 39.3. The summed E-state index contributed by atoms with van der Waals surface area (Å²) in [6, 6.07) is 15.4. The fourth-order valence-corrected chi connectivity index (χ4v) is 4.35. The predicted molar refractivity (Wildman–Crippen MR) is 144 cm³/mol. The Kier molecular flexibility index (Phi) is 11.0. The molecule has 8 nitrogen and oxygen atoms in total. The summed E-state index contributed by atoms with van der Waals surface area (Å²) < 4.78 is 6.03. The monoisotopic (exact) mass is 508 g/mol. The standard InChI is InChI=1S/C29H40N4O4/c1-4-20(2)26-29(36)32-21(3)27(34)33-24(19-22-11-6-5-7-12-22)28(35)31-16-10-14-23-13-8-9-15-25(23)37-18-17-30-26/h5-9,11-13,15,20-21,24,26,30H,4,10,14,16-19H2,1-3H3,(H,31,35)(H,32,36)(H,33,34)/t20-,21+,24+,26-/m0/s1. The van der Waals surface area contributed by atoms with Gasteiger partial charge in [-0.15, -0.1) is 0 Å². The molecule has 0 fully saturated rings. The van der Waals surface area contributed by atoms with Gasteiger partial charge in [0, 0.05) is 19.5 Å². The highest BCUT2D eigenvalue weighted by atomic mass is 16.5. The predicted octanol–water partition coefficient (Wildman–Crippen LogP) is 2.36. The zero-order chi connectivity index (χ0) is 26.6. The second-order valence-corrected chi connectivity index (χ2v) is 9.65. The molecule has 1 aliphatic rings. The average Bonchev–Trinajstić information content (AvgIpc) is 2.90. The van der Waals surface area contributed by atoms with Crippen LogP contribution in [0, 0.1) is 5.92 Å². The molecule has 3 rings (SSSR count). The van der Waals surface area contributed by atoms with Crippen LogP contribution in [-0.4, -0.2) is 55.5 Å². The molecule has 0 radical (unpaired) electrons. The number of nitrogens with one attached hydrogen (secondary N) is 4. The smallest absolute Gasteiger partial charge is 0.242 e. The number of hydrogen-bond donors (Lipinski definition) is 4. The molecule has 200 valence electrons. The third-order valence-electron chi connectivity index (χ3n) is 6.78. The van der Waals surface area contributed by atoms with E-state index in [2.05, 4.69) is 21.3 Å². The molecule has 1 heterocycles. The Balaban J connectivity index is 1.80. The summed E-state index contributed by atoms with van der Waals surface area (Å²) in [5, 5.41) is 12.0. The lowest BCUT2D eigenvalue weighted by Crippen LogP contribution is -2.57. The number of ether oxygens (including phenoxy) is 1. The number of hydrogen-bond acceptors (Lipinski definition) is 5. The molecule has 0 bridgehead atoms. The van der Waals surface area contributed by atoms with E-state index in [4.69, 9.17) is 4.74 Å². The Labute approximate surface area is 219 Å². The van der Waals surface area contributed by atoms with E-state index < -0.39 is 24.0 Å². The highest BCUT2D eigenvalue weighted by molar-refractivity contribution is 5.93. The van der Waals surface area contributed by atoms with Crippen LogP contribution in [0.1, 0.15) is 44.7 Å². The number of aryl methyl sites for hydroxylation is 1. The molecule has 0 saturated heterocycles. The fraction of sp³-hybridized carbons (Fsp3) is 0.483. The third kappa shape index (κ3) is 8.60. The number of para-hydroxylation sites is 1. The lowest BCUT2D eigenvalue weighted by atomic mass is 9.98. The third-order valence-corrected chi connectivity index (χ3v) is 6.78. The van der Waals surface area contributed by atoms with E-state index in [0.29, 0.717) is 26.1 Å². The SMILES string of the molecule is CC[C@H](C)[C@@H]1NCCOc2ccccc2CCCNC(=O)[C@@H](Cc2ccccc2)NC(=O)[C@@H](C)NC1=O. The van der Waals surface area contributed by atoms with Crippen LogP contribution in [0.25, 0.3) is 0 Å². The minimum Gasteiger partial charge on any atom is -0.492 e. The van der Waals surface area contributed by atoms with Crippen LogP contribution >= 0.6 is 0 Å². The van der Waals surface area contributed by atoms with Crippen molar-refractivity contribution in [3.63, 3.8) is 0 Å². The molecule has 8 heteroatoms. The molecule has 2 aromatic carbocycles. The Morgan fingerprint density at radius 2 is 1.65 bits per heavy atom. The van der Waals surface area contributed by atoms with Crippen molar-refractivity contribution in [2.24, 2.45) is 5.92 Å². The van der Waals surface area contributed by atoms with Crippen LogP contribution in [0.3, 0.4) is 0 Å². The summed E-state index contributed by atoms with van der Waals surface area (Å²) in [7, 11) is 0. The first-order valence-corrected chi connectivity index (χ1v) is 13.3. The molecule has 37 heavy (non-hydrogen) atoms. The lowest BCUT2D eigenvalue weighted by molar-refractivity contribution is -0.132. The van der Waals surface area contributed by atoms with Gasteiger partial charge >= 0.3 is 0 Å². The molecule has 0 spiro atoms. The van der Waals surface area contributed by atoms with Gasteiger partial charge in [0.1, 0.15) is 24.4 Å². The molecule has 0 unspecified atom stereocenters. The van der Waals surface area contributed by atoms with E-state index in [1.807, 2.05) is 68.4 Å². The minimum atomic E-state index is -0.797. The van der Waals surface area contributed by atoms with E-state index >= 15 is 0 Å². The molecule has 3 amide bonds. The van der Waals surface area contributed by atoms with Crippen LogP contribution in [0.15, 0.2) is 54.6 Å². The second kappa shape index (κ2) is 14.4. The van der Waals surface area contributed by atoms with Crippen LogP contribution in [0.5, 0.6) is 5.75 Å². The van der Waals surface area contributed by atoms with Gasteiger partial charge in [-0.3, -0.25) is 14.4 Å². The van der Waals surface area contributed by atoms with Crippen molar-refractivity contribution in [2.45, 2.75) is 64.6 Å². The van der Waals surface area contributed by atoms with Gasteiger partial charge in [-0.2, -0.15) is 0 Å². The van der Waals surface area contributed by atoms with Crippen molar-refractivity contribution < 1.29 is 19.1 Å². The molecular formula is C29H40N4O4. The van der Waals surface area contributed by atoms with E-state index in [0.717, 1.165) is 36.1 Å². The van der Waals surface area contributed by atoms with Gasteiger partial charge in [-0.25, -0.2) is 0 Å². The Bertz CT molecular complexity index is 1030. The van der Waals surface area contributed by atoms with Crippen LogP contribution in [0.4, 0.5) is 0 Å². The maximum atomic E-state index is 13.1. The molecular weight excluding hydrogens is 468 g/mol. The minimum absolute atomic E-state index is 0.0600. The summed E-state index contributed by atoms with van der Waals surface area (Å²) in [6.45, 7) is 7.04. The maximum absolute atomic E-state index is 13.1. The first kappa shape index (κ1) is 28.2. The highest BCUT2D eigenvalue weighted by Gasteiger charge is 2.28. The first-order chi connectivity index (χ1) is 17.9. The largest absolute Gasteiger partial charge is 0.492 e. The molecule has 0 aromatic heterocycles. The number of fused-ring (bicyclic) bond motifs is 1. The maximum Gasteiger partial charge on any atom is 0.242 e. The number of amides is 3. The van der Waals surface area contributed by atoms with Crippen molar-refractivity contribution in [3.05, 3.63) is 65.7 Å². The molecule has 0 aliphatic carbocycles. The molecule has 4 N–H and O–H groups in total. The topological polar surface area (TPSA) is 109 Å². The number of benzene rings is 2. The van der Waals surface area contributed by atoms with Crippen molar-refractivity contribution in [2.75, 3.05) is 19.7 Å². The van der Waals surface area contributed by atoms with Gasteiger partial charge in [0.2, 0.25) is 17.7 Å². The van der Waals surface area contributed by atoms with Crippen molar-refractivity contribution in [3.8, 4) is 5.75 Å². The van der Waals surface area contributed by atoms with E-state index in [1.165, 1.54) is 0 Å². The van der Waals surface area contributed by atoms with Crippen LogP contribution in [-0.2, 0) is 27.2 Å². The van der Waals surface area contributed by atoms with Crippen molar-refractivity contribution in [1.29, 1.82) is 0 Å². The van der Waals surface area contributed by atoms with Gasteiger partial charge in [0.15, 0.2) is 0 Å². The summed E-state index contributed by atoms with van der Waals surface area (Å²) in [5.74, 6) is -0.0253. The summed E-state index contributed by atoms with van der Waals surface area (Å²) in [6.07, 6.45) is 2.63. The summed E-state index contributed by atoms with van der Waals surface area (Å²) >= 11 is 0. The van der Waals surface area contributed by atoms with Gasteiger partial charge in [-0.05, 0) is 42.9 Å². The van der Waals surface area contributed by atoms with Crippen molar-refractivity contribution >= 4 is 17.7 Å². The van der Waals surface area contributed by atoms with Crippen LogP contribution < -0.4 is 26.0 Å². The fourth-order valence-electron chi connectivity index (χ4n) is 4.35. The number of carbonyl (C=O) groups excluding carboxylic acids is 3. The highest BCUT2D eigenvalue weighted by Crippen LogP contribution is 2.19. The van der Waals surface area contributed by atoms with E-state index in [1.54, 1.807) is 6.92 Å². The molecule has 2 aromatic rings. The second-order valence-electron chi connectivity index (χ2n) is 9.65. The average molecular weight is 509 g/mol. The van der Waals surface area contributed by atoms with Gasteiger partial charge in [0.05, 0.1) is 6.04 Å². The van der Waals surface area contributed by atoms with E-state index in [-0.39, 0.29) is 17.7 Å².